The number of ether oxygens (including phenoxy) is 3. The van der Waals surface area contributed by atoms with Crippen LogP contribution in [0.5, 0.6) is 11.5 Å². The predicted octanol–water partition coefficient (Wildman–Crippen LogP) is 2.24. The zero-order chi connectivity index (χ0) is 20.8. The maximum atomic E-state index is 12.3. The standard InChI is InChI=1S/C21H22N2O6/c1-27-17-7-3-15(4-8-17)22-19(24)13-29-21(26)14-11-20(25)23(12-14)16-5-9-18(28-2)10-6-16/h3-10,14H,11-13H2,1-2H3,(H,22,24). The number of anilines is 2. The van der Waals surface area contributed by atoms with Crippen molar-refractivity contribution in [3.8, 4) is 11.5 Å². The van der Waals surface area contributed by atoms with Crippen molar-refractivity contribution in [1.29, 1.82) is 0 Å². The Kier molecular flexibility index (Phi) is 6.33. The molecule has 0 saturated carbocycles. The molecule has 0 spiro atoms. The summed E-state index contributed by atoms with van der Waals surface area (Å²) in [4.78, 5) is 38.1. The summed E-state index contributed by atoms with van der Waals surface area (Å²) in [5.74, 6) is -0.460. The molecule has 8 nitrogen and oxygen atoms in total. The van der Waals surface area contributed by atoms with Crippen molar-refractivity contribution >= 4 is 29.2 Å². The van der Waals surface area contributed by atoms with E-state index in [0.29, 0.717) is 22.9 Å². The molecular weight excluding hydrogens is 376 g/mol. The van der Waals surface area contributed by atoms with E-state index >= 15 is 0 Å². The molecule has 0 bridgehead atoms. The Balaban J connectivity index is 1.50. The summed E-state index contributed by atoms with van der Waals surface area (Å²) < 4.78 is 15.3. The first-order valence-electron chi connectivity index (χ1n) is 9.05. The van der Waals surface area contributed by atoms with Crippen molar-refractivity contribution in [2.75, 3.05) is 37.6 Å². The van der Waals surface area contributed by atoms with Gasteiger partial charge in [-0.1, -0.05) is 0 Å². The first-order valence-corrected chi connectivity index (χ1v) is 9.05. The molecule has 152 valence electrons. The summed E-state index contributed by atoms with van der Waals surface area (Å²) in [7, 11) is 3.11. The number of hydrogen-bond acceptors (Lipinski definition) is 6. The van der Waals surface area contributed by atoms with Crippen molar-refractivity contribution in [3.05, 3.63) is 48.5 Å². The second kappa shape index (κ2) is 9.09. The molecule has 29 heavy (non-hydrogen) atoms. The van der Waals surface area contributed by atoms with Crippen LogP contribution >= 0.6 is 0 Å². The second-order valence-corrected chi connectivity index (χ2v) is 6.49. The number of amides is 2. The molecule has 1 fully saturated rings. The van der Waals surface area contributed by atoms with Crippen LogP contribution < -0.4 is 19.7 Å². The Bertz CT molecular complexity index is 879. The van der Waals surface area contributed by atoms with Crippen molar-refractivity contribution in [3.63, 3.8) is 0 Å². The van der Waals surface area contributed by atoms with Gasteiger partial charge < -0.3 is 24.4 Å². The predicted molar refractivity (Wildman–Crippen MR) is 106 cm³/mol. The third-order valence-electron chi connectivity index (χ3n) is 4.56. The van der Waals surface area contributed by atoms with Gasteiger partial charge in [0.2, 0.25) is 5.91 Å². The van der Waals surface area contributed by atoms with E-state index in [2.05, 4.69) is 5.32 Å². The average Bonchev–Trinajstić information content (AvgIpc) is 3.14. The van der Waals surface area contributed by atoms with Gasteiger partial charge in [0.15, 0.2) is 6.61 Å². The van der Waals surface area contributed by atoms with Gasteiger partial charge in [0.05, 0.1) is 20.1 Å². The zero-order valence-electron chi connectivity index (χ0n) is 16.2. The fourth-order valence-corrected chi connectivity index (χ4v) is 3.00. The molecular formula is C21H22N2O6. The van der Waals surface area contributed by atoms with E-state index in [1.807, 2.05) is 0 Å². The van der Waals surface area contributed by atoms with Gasteiger partial charge in [-0.05, 0) is 48.5 Å². The van der Waals surface area contributed by atoms with E-state index in [1.54, 1.807) is 62.8 Å². The number of nitrogens with zero attached hydrogens (tertiary/aromatic N) is 1. The Morgan fingerprint density at radius 3 is 2.17 bits per heavy atom. The number of esters is 1. The number of nitrogens with one attached hydrogen (secondary N) is 1. The van der Waals surface area contributed by atoms with E-state index in [-0.39, 0.29) is 18.9 Å². The van der Waals surface area contributed by atoms with Crippen molar-refractivity contribution < 1.29 is 28.6 Å². The molecule has 2 amide bonds. The van der Waals surface area contributed by atoms with Gasteiger partial charge in [0.1, 0.15) is 11.5 Å². The van der Waals surface area contributed by atoms with Crippen molar-refractivity contribution in [1.82, 2.24) is 0 Å². The maximum Gasteiger partial charge on any atom is 0.311 e. The van der Waals surface area contributed by atoms with Crippen molar-refractivity contribution in [2.24, 2.45) is 5.92 Å². The lowest BCUT2D eigenvalue weighted by Crippen LogP contribution is -2.28. The average molecular weight is 398 g/mol. The number of methoxy groups -OCH3 is 2. The Morgan fingerprint density at radius 1 is 1.00 bits per heavy atom. The molecule has 0 radical (unpaired) electrons. The maximum absolute atomic E-state index is 12.3. The van der Waals surface area contributed by atoms with Gasteiger partial charge >= 0.3 is 5.97 Å². The van der Waals surface area contributed by atoms with Crippen molar-refractivity contribution in [2.45, 2.75) is 6.42 Å². The minimum Gasteiger partial charge on any atom is -0.497 e. The highest BCUT2D eigenvalue weighted by atomic mass is 16.5. The molecule has 2 aromatic rings. The number of hydrogen-bond donors (Lipinski definition) is 1. The highest BCUT2D eigenvalue weighted by Gasteiger charge is 2.36. The molecule has 0 aromatic heterocycles. The molecule has 8 heteroatoms. The highest BCUT2D eigenvalue weighted by Crippen LogP contribution is 2.27. The van der Waals surface area contributed by atoms with Crippen LogP contribution in [0, 0.1) is 5.92 Å². The summed E-state index contributed by atoms with van der Waals surface area (Å²) >= 11 is 0. The minimum absolute atomic E-state index is 0.0466. The number of benzene rings is 2. The molecule has 1 aliphatic rings. The van der Waals surface area contributed by atoms with E-state index < -0.39 is 24.4 Å². The molecule has 1 atom stereocenters. The monoisotopic (exact) mass is 398 g/mol. The number of rotatable bonds is 7. The third-order valence-corrected chi connectivity index (χ3v) is 4.56. The molecule has 3 rings (SSSR count). The van der Waals surface area contributed by atoms with Gasteiger partial charge in [-0.25, -0.2) is 0 Å². The molecule has 1 N–H and O–H groups in total. The Labute approximate surface area is 168 Å². The van der Waals surface area contributed by atoms with E-state index in [9.17, 15) is 14.4 Å². The summed E-state index contributed by atoms with van der Waals surface area (Å²) in [6, 6.07) is 13.8. The largest absolute Gasteiger partial charge is 0.497 e. The lowest BCUT2D eigenvalue weighted by Gasteiger charge is -2.16. The van der Waals surface area contributed by atoms with Gasteiger partial charge in [-0.15, -0.1) is 0 Å². The Hall–Kier alpha value is -3.55. The zero-order valence-corrected chi connectivity index (χ0v) is 16.2. The van der Waals surface area contributed by atoms with Crippen LogP contribution in [0.15, 0.2) is 48.5 Å². The molecule has 1 saturated heterocycles. The van der Waals surface area contributed by atoms with E-state index in [1.165, 1.54) is 4.90 Å². The van der Waals surface area contributed by atoms with Gasteiger partial charge in [-0.3, -0.25) is 14.4 Å². The van der Waals surface area contributed by atoms with E-state index in [4.69, 9.17) is 14.2 Å². The Morgan fingerprint density at radius 2 is 1.59 bits per heavy atom. The topological polar surface area (TPSA) is 94.2 Å². The highest BCUT2D eigenvalue weighted by molar-refractivity contribution is 6.00. The molecule has 1 aliphatic heterocycles. The van der Waals surface area contributed by atoms with Crippen LogP contribution in [0.4, 0.5) is 11.4 Å². The first kappa shape index (κ1) is 20.2. The normalized spacial score (nSPS) is 15.7. The lowest BCUT2D eigenvalue weighted by atomic mass is 10.1. The smallest absolute Gasteiger partial charge is 0.311 e. The summed E-state index contributed by atoms with van der Waals surface area (Å²) in [5.41, 5.74) is 1.25. The van der Waals surface area contributed by atoms with Gasteiger partial charge in [-0.2, -0.15) is 0 Å². The number of carbonyl (C=O) groups is 3. The van der Waals surface area contributed by atoms with Crippen LogP contribution in [-0.2, 0) is 19.1 Å². The lowest BCUT2D eigenvalue weighted by molar-refractivity contribution is -0.151. The summed E-state index contributed by atoms with van der Waals surface area (Å²) in [6.07, 6.45) is 0.0466. The van der Waals surface area contributed by atoms with Crippen LogP contribution in [0.25, 0.3) is 0 Å². The first-order chi connectivity index (χ1) is 14.0. The fourth-order valence-electron chi connectivity index (χ4n) is 3.00. The van der Waals surface area contributed by atoms with Crippen LogP contribution in [-0.4, -0.2) is 45.2 Å². The van der Waals surface area contributed by atoms with E-state index in [0.717, 1.165) is 0 Å². The summed E-state index contributed by atoms with van der Waals surface area (Å²) in [5, 5.41) is 2.63. The third kappa shape index (κ3) is 5.04. The quantitative estimate of drug-likeness (QED) is 0.719. The molecule has 0 aliphatic carbocycles. The minimum atomic E-state index is -0.613. The second-order valence-electron chi connectivity index (χ2n) is 6.49. The molecule has 2 aromatic carbocycles. The molecule has 1 unspecified atom stereocenters. The van der Waals surface area contributed by atoms with Gasteiger partial charge in [0.25, 0.3) is 5.91 Å². The summed E-state index contributed by atoms with van der Waals surface area (Å²) in [6.45, 7) is -0.206. The van der Waals surface area contributed by atoms with Crippen LogP contribution in [0.2, 0.25) is 0 Å². The number of carbonyl (C=O) groups excluding carboxylic acids is 3. The fraction of sp³-hybridized carbons (Fsp3) is 0.286. The van der Waals surface area contributed by atoms with Crippen LogP contribution in [0.1, 0.15) is 6.42 Å². The molecule has 1 heterocycles. The van der Waals surface area contributed by atoms with Gasteiger partial charge in [0, 0.05) is 24.3 Å². The SMILES string of the molecule is COc1ccc(NC(=O)COC(=O)C2CC(=O)N(c3ccc(OC)cc3)C2)cc1. The van der Waals surface area contributed by atoms with Crippen LogP contribution in [0.3, 0.4) is 0 Å².